The molecule has 1 aromatic carbocycles. The Kier molecular flexibility index (Phi) is 5.07. The predicted octanol–water partition coefficient (Wildman–Crippen LogP) is 3.10. The number of aliphatic hydroxyl groups excluding tert-OH is 1. The first-order valence-electron chi connectivity index (χ1n) is 7.73. The lowest BCUT2D eigenvalue weighted by Gasteiger charge is -2.37. The van der Waals surface area contributed by atoms with E-state index >= 15 is 0 Å². The normalized spacial score (nSPS) is 26.1. The van der Waals surface area contributed by atoms with E-state index in [2.05, 4.69) is 16.3 Å². The number of halogens is 2. The Bertz CT molecular complexity index is 486. The van der Waals surface area contributed by atoms with Gasteiger partial charge in [-0.05, 0) is 56.0 Å². The number of rotatable bonds is 3. The number of likely N-dealkylation sites (tertiary alicyclic amines) is 1. The van der Waals surface area contributed by atoms with E-state index in [1.807, 2.05) is 12.1 Å². The molecule has 2 aliphatic rings. The van der Waals surface area contributed by atoms with Crippen LogP contribution in [-0.2, 0) is 0 Å². The average Bonchev–Trinajstić information content (AvgIpc) is 2.90. The van der Waals surface area contributed by atoms with Crippen LogP contribution in [0.3, 0.4) is 0 Å². The molecule has 2 atom stereocenters. The summed E-state index contributed by atoms with van der Waals surface area (Å²) in [6.07, 6.45) is 3.00. The molecule has 0 saturated carbocycles. The highest BCUT2D eigenvalue weighted by Gasteiger charge is 2.34. The monoisotopic (exact) mass is 328 g/mol. The van der Waals surface area contributed by atoms with Crippen LogP contribution in [-0.4, -0.2) is 42.3 Å². The second kappa shape index (κ2) is 6.84. The van der Waals surface area contributed by atoms with Crippen LogP contribution < -0.4 is 5.32 Å². The molecular formula is C16H22Cl2N2O. The van der Waals surface area contributed by atoms with E-state index in [4.69, 9.17) is 23.2 Å². The quantitative estimate of drug-likeness (QED) is 0.894. The molecule has 0 aliphatic carbocycles. The fraction of sp³-hybridized carbons (Fsp3) is 0.625. The Balaban J connectivity index is 1.88. The van der Waals surface area contributed by atoms with Crippen LogP contribution in [0, 0.1) is 5.92 Å². The maximum atomic E-state index is 9.89. The Labute approximate surface area is 136 Å². The Hall–Kier alpha value is -0.320. The lowest BCUT2D eigenvalue weighted by molar-refractivity contribution is 0.119. The third kappa shape index (κ3) is 3.54. The van der Waals surface area contributed by atoms with Crippen molar-refractivity contribution in [3.05, 3.63) is 33.8 Å². The molecule has 0 radical (unpaired) electrons. The van der Waals surface area contributed by atoms with Crippen molar-refractivity contribution in [3.8, 4) is 0 Å². The highest BCUT2D eigenvalue weighted by Crippen LogP contribution is 2.38. The summed E-state index contributed by atoms with van der Waals surface area (Å²) in [5.74, 6) is 0.605. The summed E-state index contributed by atoms with van der Waals surface area (Å²) in [5, 5.41) is 14.5. The van der Waals surface area contributed by atoms with Crippen molar-refractivity contribution in [2.75, 3.05) is 26.2 Å². The van der Waals surface area contributed by atoms with E-state index in [0.717, 1.165) is 45.4 Å². The Morgan fingerprint density at radius 2 is 1.90 bits per heavy atom. The number of hydrogen-bond donors (Lipinski definition) is 2. The molecule has 0 aromatic heterocycles. The fourth-order valence-electron chi connectivity index (χ4n) is 3.66. The van der Waals surface area contributed by atoms with Crippen LogP contribution in [0.1, 0.15) is 30.9 Å². The summed E-state index contributed by atoms with van der Waals surface area (Å²) in [4.78, 5) is 2.42. The first kappa shape index (κ1) is 15.6. The Morgan fingerprint density at radius 3 is 2.52 bits per heavy atom. The molecule has 2 unspecified atom stereocenters. The molecule has 5 heteroatoms. The minimum atomic E-state index is -0.197. The largest absolute Gasteiger partial charge is 0.392 e. The molecule has 2 heterocycles. The van der Waals surface area contributed by atoms with E-state index in [0.29, 0.717) is 22.0 Å². The van der Waals surface area contributed by atoms with Gasteiger partial charge in [0.2, 0.25) is 0 Å². The first-order valence-corrected chi connectivity index (χ1v) is 8.48. The van der Waals surface area contributed by atoms with Gasteiger partial charge in [0, 0.05) is 19.1 Å². The van der Waals surface area contributed by atoms with Gasteiger partial charge in [0.1, 0.15) is 0 Å². The zero-order valence-electron chi connectivity index (χ0n) is 12.1. The minimum absolute atomic E-state index is 0.197. The zero-order chi connectivity index (χ0) is 14.8. The van der Waals surface area contributed by atoms with Gasteiger partial charge >= 0.3 is 0 Å². The van der Waals surface area contributed by atoms with Crippen LogP contribution in [0.4, 0.5) is 0 Å². The third-order valence-electron chi connectivity index (χ3n) is 4.70. The molecule has 2 saturated heterocycles. The standard InChI is InChI=1S/C16H22Cl2N2O/c17-14-2-1-12(9-15(14)18)16(11-3-6-19-7-4-11)20-8-5-13(21)10-20/h1-2,9,11,13,16,19,21H,3-8,10H2. The van der Waals surface area contributed by atoms with Gasteiger partial charge in [-0.3, -0.25) is 4.90 Å². The van der Waals surface area contributed by atoms with Crippen molar-refractivity contribution in [2.24, 2.45) is 5.92 Å². The number of β-amino-alcohol motifs (C(OH)–C–C–N with tert-alkyl or cyclic N) is 1. The maximum absolute atomic E-state index is 9.89. The molecule has 0 amide bonds. The fourth-order valence-corrected chi connectivity index (χ4v) is 3.96. The van der Waals surface area contributed by atoms with Gasteiger partial charge in [-0.15, -0.1) is 0 Å². The molecular weight excluding hydrogens is 307 g/mol. The second-order valence-electron chi connectivity index (χ2n) is 6.14. The van der Waals surface area contributed by atoms with Crippen molar-refractivity contribution in [3.63, 3.8) is 0 Å². The maximum Gasteiger partial charge on any atom is 0.0679 e. The summed E-state index contributed by atoms with van der Waals surface area (Å²) in [6, 6.07) is 6.31. The van der Waals surface area contributed by atoms with E-state index in [9.17, 15) is 5.11 Å². The first-order chi connectivity index (χ1) is 10.1. The van der Waals surface area contributed by atoms with Gasteiger partial charge in [-0.25, -0.2) is 0 Å². The molecule has 0 bridgehead atoms. The van der Waals surface area contributed by atoms with E-state index < -0.39 is 0 Å². The van der Waals surface area contributed by atoms with Crippen LogP contribution >= 0.6 is 23.2 Å². The molecule has 0 spiro atoms. The van der Waals surface area contributed by atoms with Crippen molar-refractivity contribution in [1.29, 1.82) is 0 Å². The number of benzene rings is 1. The molecule has 2 fully saturated rings. The topological polar surface area (TPSA) is 35.5 Å². The van der Waals surface area contributed by atoms with E-state index in [1.54, 1.807) is 0 Å². The lowest BCUT2D eigenvalue weighted by atomic mass is 9.85. The van der Waals surface area contributed by atoms with E-state index in [-0.39, 0.29) is 6.10 Å². The zero-order valence-corrected chi connectivity index (χ0v) is 13.6. The molecule has 21 heavy (non-hydrogen) atoms. The molecule has 1 aromatic rings. The summed E-state index contributed by atoms with van der Waals surface area (Å²) in [5.41, 5.74) is 1.23. The van der Waals surface area contributed by atoms with Crippen LogP contribution in [0.5, 0.6) is 0 Å². The molecule has 3 rings (SSSR count). The van der Waals surface area contributed by atoms with Crippen molar-refractivity contribution < 1.29 is 5.11 Å². The van der Waals surface area contributed by atoms with Crippen molar-refractivity contribution >= 4 is 23.2 Å². The van der Waals surface area contributed by atoms with Gasteiger partial charge < -0.3 is 10.4 Å². The Morgan fingerprint density at radius 1 is 1.14 bits per heavy atom. The summed E-state index contributed by atoms with van der Waals surface area (Å²) >= 11 is 12.3. The second-order valence-corrected chi connectivity index (χ2v) is 6.96. The molecule has 2 aliphatic heterocycles. The summed E-state index contributed by atoms with van der Waals surface area (Å²) in [7, 11) is 0. The van der Waals surface area contributed by atoms with Gasteiger partial charge in [-0.1, -0.05) is 29.3 Å². The van der Waals surface area contributed by atoms with Crippen LogP contribution in [0.25, 0.3) is 0 Å². The molecule has 116 valence electrons. The van der Waals surface area contributed by atoms with Crippen molar-refractivity contribution in [2.45, 2.75) is 31.4 Å². The highest BCUT2D eigenvalue weighted by molar-refractivity contribution is 6.42. The number of aliphatic hydroxyl groups is 1. The number of nitrogens with one attached hydrogen (secondary N) is 1. The smallest absolute Gasteiger partial charge is 0.0679 e. The number of piperidine rings is 1. The summed E-state index contributed by atoms with van der Waals surface area (Å²) in [6.45, 7) is 3.85. The van der Waals surface area contributed by atoms with Gasteiger partial charge in [0.15, 0.2) is 0 Å². The third-order valence-corrected chi connectivity index (χ3v) is 5.44. The molecule has 3 nitrogen and oxygen atoms in total. The van der Waals surface area contributed by atoms with Crippen LogP contribution in [0.15, 0.2) is 18.2 Å². The lowest BCUT2D eigenvalue weighted by Crippen LogP contribution is -2.38. The molecule has 2 N–H and O–H groups in total. The number of nitrogens with zero attached hydrogens (tertiary/aromatic N) is 1. The van der Waals surface area contributed by atoms with Crippen LogP contribution in [0.2, 0.25) is 10.0 Å². The summed E-state index contributed by atoms with van der Waals surface area (Å²) < 4.78 is 0. The minimum Gasteiger partial charge on any atom is -0.392 e. The number of hydrogen-bond acceptors (Lipinski definition) is 3. The van der Waals surface area contributed by atoms with Gasteiger partial charge in [0.05, 0.1) is 16.1 Å². The van der Waals surface area contributed by atoms with Gasteiger partial charge in [0.25, 0.3) is 0 Å². The average molecular weight is 329 g/mol. The van der Waals surface area contributed by atoms with Crippen molar-refractivity contribution in [1.82, 2.24) is 10.2 Å². The van der Waals surface area contributed by atoms with E-state index in [1.165, 1.54) is 5.56 Å². The SMILES string of the molecule is OC1CCN(C(c2ccc(Cl)c(Cl)c2)C2CCNCC2)C1. The van der Waals surface area contributed by atoms with Gasteiger partial charge in [-0.2, -0.15) is 0 Å². The predicted molar refractivity (Wildman–Crippen MR) is 87.0 cm³/mol. The highest BCUT2D eigenvalue weighted by atomic mass is 35.5.